The number of nitrogens with one attached hydrogen (secondary N) is 1. The molecule has 1 rings (SSSR count). The minimum Gasteiger partial charge on any atom is -0.396 e. The number of aliphatic hydroxyl groups is 1. The molecule has 1 aromatic carbocycles. The number of aliphatic hydroxyl groups excluding tert-OH is 1. The van der Waals surface area contributed by atoms with Crippen LogP contribution in [-0.2, 0) is 4.79 Å². The smallest absolute Gasteiger partial charge is 0.241 e. The van der Waals surface area contributed by atoms with Gasteiger partial charge < -0.3 is 16.2 Å². The Labute approximate surface area is 108 Å². The van der Waals surface area contributed by atoms with E-state index in [-0.39, 0.29) is 18.4 Å². The van der Waals surface area contributed by atoms with Crippen LogP contribution < -0.4 is 11.1 Å². The number of amides is 1. The average Bonchev–Trinajstić information content (AvgIpc) is 2.43. The summed E-state index contributed by atoms with van der Waals surface area (Å²) in [5, 5.41) is 11.7. The molecule has 0 aliphatic rings. The maximum absolute atomic E-state index is 11.8. The first kappa shape index (κ1) is 14.7. The predicted octanol–water partition coefficient (Wildman–Crippen LogP) is 1.21. The van der Waals surface area contributed by atoms with Gasteiger partial charge in [-0.05, 0) is 24.3 Å². The summed E-state index contributed by atoms with van der Waals surface area (Å²) in [4.78, 5) is 11.8. The van der Waals surface area contributed by atoms with Gasteiger partial charge in [0.15, 0.2) is 0 Å². The Morgan fingerprint density at radius 1 is 1.39 bits per heavy atom. The van der Waals surface area contributed by atoms with Gasteiger partial charge in [0.1, 0.15) is 6.04 Å². The van der Waals surface area contributed by atoms with Crippen molar-refractivity contribution in [1.82, 2.24) is 5.32 Å². The van der Waals surface area contributed by atoms with Crippen LogP contribution in [-0.4, -0.2) is 24.2 Å². The second-order valence-corrected chi connectivity index (χ2v) is 4.61. The van der Waals surface area contributed by atoms with Gasteiger partial charge in [-0.3, -0.25) is 4.79 Å². The van der Waals surface area contributed by atoms with E-state index in [9.17, 15) is 4.79 Å². The zero-order valence-electron chi connectivity index (χ0n) is 10.8. The van der Waals surface area contributed by atoms with E-state index in [0.29, 0.717) is 6.54 Å². The zero-order valence-corrected chi connectivity index (χ0v) is 10.8. The number of hydrogen-bond acceptors (Lipinski definition) is 3. The van der Waals surface area contributed by atoms with Crippen LogP contribution >= 0.6 is 0 Å². The fourth-order valence-electron chi connectivity index (χ4n) is 1.68. The lowest BCUT2D eigenvalue weighted by Gasteiger charge is -2.13. The molecule has 4 N–H and O–H groups in total. The van der Waals surface area contributed by atoms with Crippen molar-refractivity contribution in [2.45, 2.75) is 25.8 Å². The molecular weight excluding hydrogens is 228 g/mol. The van der Waals surface area contributed by atoms with E-state index in [2.05, 4.69) is 5.32 Å². The van der Waals surface area contributed by atoms with Gasteiger partial charge in [-0.25, -0.2) is 0 Å². The van der Waals surface area contributed by atoms with Gasteiger partial charge in [0.05, 0.1) is 0 Å². The van der Waals surface area contributed by atoms with Gasteiger partial charge in [-0.15, -0.1) is 0 Å². The van der Waals surface area contributed by atoms with Gasteiger partial charge in [-0.2, -0.15) is 0 Å². The highest BCUT2D eigenvalue weighted by molar-refractivity contribution is 5.82. The maximum atomic E-state index is 11.8. The lowest BCUT2D eigenvalue weighted by Crippen LogP contribution is -2.34. The molecule has 18 heavy (non-hydrogen) atoms. The molecule has 1 aromatic rings. The summed E-state index contributed by atoms with van der Waals surface area (Å²) in [6.07, 6.45) is 1.76. The van der Waals surface area contributed by atoms with Crippen LogP contribution in [0.25, 0.3) is 0 Å². The predicted molar refractivity (Wildman–Crippen MR) is 71.9 cm³/mol. The summed E-state index contributed by atoms with van der Waals surface area (Å²) in [6, 6.07) is 8.71. The third-order valence-corrected chi connectivity index (χ3v) is 2.93. The summed E-state index contributed by atoms with van der Waals surface area (Å²) < 4.78 is 0. The monoisotopic (exact) mass is 250 g/mol. The third-order valence-electron chi connectivity index (χ3n) is 2.93. The van der Waals surface area contributed by atoms with Crippen molar-refractivity contribution < 1.29 is 9.90 Å². The van der Waals surface area contributed by atoms with Crippen LogP contribution in [0.4, 0.5) is 0 Å². The number of nitrogens with two attached hydrogens (primary N) is 1. The molecular formula is C14H22N2O2. The van der Waals surface area contributed by atoms with E-state index in [1.165, 1.54) is 0 Å². The van der Waals surface area contributed by atoms with Crippen molar-refractivity contribution in [2.75, 3.05) is 13.2 Å². The van der Waals surface area contributed by atoms with Crippen LogP contribution in [0, 0.1) is 5.92 Å². The SMILES string of the molecule is CC(CO)CCCNC(=O)[C@@H](N)c1ccccc1. The van der Waals surface area contributed by atoms with Crippen LogP contribution in [0.3, 0.4) is 0 Å². The molecule has 0 spiro atoms. The van der Waals surface area contributed by atoms with E-state index < -0.39 is 6.04 Å². The van der Waals surface area contributed by atoms with Gasteiger partial charge >= 0.3 is 0 Å². The molecule has 0 heterocycles. The number of carbonyl (C=O) groups is 1. The first-order valence-electron chi connectivity index (χ1n) is 6.34. The molecule has 0 radical (unpaired) electrons. The fraction of sp³-hybridized carbons (Fsp3) is 0.500. The highest BCUT2D eigenvalue weighted by Crippen LogP contribution is 2.09. The Morgan fingerprint density at radius 2 is 2.06 bits per heavy atom. The fourth-order valence-corrected chi connectivity index (χ4v) is 1.68. The molecule has 1 amide bonds. The summed E-state index contributed by atoms with van der Waals surface area (Å²) in [5.41, 5.74) is 6.67. The van der Waals surface area contributed by atoms with E-state index >= 15 is 0 Å². The molecule has 0 bridgehead atoms. The first-order valence-corrected chi connectivity index (χ1v) is 6.34. The number of benzene rings is 1. The van der Waals surface area contributed by atoms with Crippen molar-refractivity contribution in [3.63, 3.8) is 0 Å². The summed E-state index contributed by atoms with van der Waals surface area (Å²) in [5.74, 6) is 0.127. The van der Waals surface area contributed by atoms with E-state index in [1.54, 1.807) is 0 Å². The van der Waals surface area contributed by atoms with Gasteiger partial charge in [-0.1, -0.05) is 37.3 Å². The Bertz CT molecular complexity index is 354. The Morgan fingerprint density at radius 3 is 2.67 bits per heavy atom. The van der Waals surface area contributed by atoms with Crippen molar-refractivity contribution in [3.8, 4) is 0 Å². The summed E-state index contributed by atoms with van der Waals surface area (Å²) >= 11 is 0. The number of carbonyl (C=O) groups excluding carboxylic acids is 1. The summed E-state index contributed by atoms with van der Waals surface area (Å²) in [6.45, 7) is 2.78. The summed E-state index contributed by atoms with van der Waals surface area (Å²) in [7, 11) is 0. The van der Waals surface area contributed by atoms with Gasteiger partial charge in [0.25, 0.3) is 0 Å². The molecule has 100 valence electrons. The Kier molecular flexibility index (Phi) is 6.39. The maximum Gasteiger partial charge on any atom is 0.241 e. The quantitative estimate of drug-likeness (QED) is 0.637. The number of rotatable bonds is 7. The van der Waals surface area contributed by atoms with Crippen LogP contribution in [0.5, 0.6) is 0 Å². The van der Waals surface area contributed by atoms with E-state index in [4.69, 9.17) is 10.8 Å². The normalized spacial score (nSPS) is 13.9. The molecule has 1 unspecified atom stereocenters. The Hall–Kier alpha value is -1.39. The van der Waals surface area contributed by atoms with Crippen LogP contribution in [0.1, 0.15) is 31.4 Å². The van der Waals surface area contributed by atoms with Crippen LogP contribution in [0.15, 0.2) is 30.3 Å². The molecule has 0 saturated carbocycles. The molecule has 0 saturated heterocycles. The largest absolute Gasteiger partial charge is 0.396 e. The zero-order chi connectivity index (χ0) is 13.4. The average molecular weight is 250 g/mol. The van der Waals surface area contributed by atoms with Crippen molar-refractivity contribution in [3.05, 3.63) is 35.9 Å². The lowest BCUT2D eigenvalue weighted by atomic mass is 10.1. The second-order valence-electron chi connectivity index (χ2n) is 4.61. The molecule has 0 aromatic heterocycles. The third kappa shape index (κ3) is 4.85. The van der Waals surface area contributed by atoms with E-state index in [1.807, 2.05) is 37.3 Å². The van der Waals surface area contributed by atoms with Crippen LogP contribution in [0.2, 0.25) is 0 Å². The highest BCUT2D eigenvalue weighted by Gasteiger charge is 2.14. The second kappa shape index (κ2) is 7.84. The Balaban J connectivity index is 2.29. The lowest BCUT2D eigenvalue weighted by molar-refractivity contribution is -0.122. The molecule has 4 nitrogen and oxygen atoms in total. The minimum absolute atomic E-state index is 0.155. The highest BCUT2D eigenvalue weighted by atomic mass is 16.3. The minimum atomic E-state index is -0.610. The van der Waals surface area contributed by atoms with Crippen molar-refractivity contribution in [1.29, 1.82) is 0 Å². The van der Waals surface area contributed by atoms with Crippen molar-refractivity contribution >= 4 is 5.91 Å². The van der Waals surface area contributed by atoms with Crippen molar-refractivity contribution in [2.24, 2.45) is 11.7 Å². The molecule has 2 atom stereocenters. The molecule has 4 heteroatoms. The molecule has 0 aliphatic heterocycles. The standard InChI is InChI=1S/C14H22N2O2/c1-11(10-17)6-5-9-16-14(18)13(15)12-7-3-2-4-8-12/h2-4,7-8,11,13,17H,5-6,9-10,15H2,1H3,(H,16,18)/t11?,13-/m0/s1. The molecule has 0 aliphatic carbocycles. The number of hydrogen-bond donors (Lipinski definition) is 3. The molecule has 0 fully saturated rings. The van der Waals surface area contributed by atoms with E-state index in [0.717, 1.165) is 18.4 Å². The topological polar surface area (TPSA) is 75.3 Å². The van der Waals surface area contributed by atoms with Gasteiger partial charge in [0, 0.05) is 13.2 Å². The first-order chi connectivity index (χ1) is 8.65. The van der Waals surface area contributed by atoms with Gasteiger partial charge in [0.2, 0.25) is 5.91 Å².